The summed E-state index contributed by atoms with van der Waals surface area (Å²) in [5.41, 5.74) is 0.921. The Kier molecular flexibility index (Phi) is 6.46. The molecule has 0 heterocycles. The molecular weight excluding hydrogens is 310 g/mol. The van der Waals surface area contributed by atoms with E-state index in [1.807, 2.05) is 6.92 Å². The van der Waals surface area contributed by atoms with Gasteiger partial charge >= 0.3 is 5.97 Å². The van der Waals surface area contributed by atoms with Crippen LogP contribution in [0.2, 0.25) is 0 Å². The largest absolute Gasteiger partial charge is 0.496 e. The van der Waals surface area contributed by atoms with E-state index in [9.17, 15) is 14.7 Å². The van der Waals surface area contributed by atoms with Crippen LogP contribution in [0.5, 0.6) is 11.5 Å². The van der Waals surface area contributed by atoms with Crippen LogP contribution in [-0.4, -0.2) is 36.7 Å². The van der Waals surface area contributed by atoms with E-state index in [1.165, 1.54) is 0 Å². The predicted octanol–water partition coefficient (Wildman–Crippen LogP) is 2.53. The molecular formula is C18H25NO5. The zero-order chi connectivity index (χ0) is 17.5. The van der Waals surface area contributed by atoms with Crippen molar-refractivity contribution in [2.24, 2.45) is 5.92 Å². The lowest BCUT2D eigenvalue weighted by Gasteiger charge is -2.22. The van der Waals surface area contributed by atoms with Gasteiger partial charge in [0.25, 0.3) is 5.91 Å². The summed E-state index contributed by atoms with van der Waals surface area (Å²) < 4.78 is 10.7. The van der Waals surface area contributed by atoms with Gasteiger partial charge in [-0.25, -0.2) is 0 Å². The van der Waals surface area contributed by atoms with Crippen molar-refractivity contribution in [3.05, 3.63) is 23.8 Å². The van der Waals surface area contributed by atoms with Crippen molar-refractivity contribution in [1.82, 2.24) is 5.32 Å². The number of amides is 1. The highest BCUT2D eigenvalue weighted by Crippen LogP contribution is 2.24. The monoisotopic (exact) mass is 335 g/mol. The molecule has 24 heavy (non-hydrogen) atoms. The first-order valence-corrected chi connectivity index (χ1v) is 8.31. The van der Waals surface area contributed by atoms with Gasteiger partial charge in [0.15, 0.2) is 6.61 Å². The van der Waals surface area contributed by atoms with E-state index in [1.54, 1.807) is 25.3 Å². The molecule has 0 radical (unpaired) electrons. The van der Waals surface area contributed by atoms with Crippen LogP contribution in [-0.2, 0) is 9.59 Å². The van der Waals surface area contributed by atoms with Crippen molar-refractivity contribution in [1.29, 1.82) is 0 Å². The molecule has 0 aliphatic heterocycles. The number of aryl methyl sites for hydroxylation is 1. The number of aliphatic carboxylic acids is 1. The van der Waals surface area contributed by atoms with Crippen LogP contribution in [0.1, 0.15) is 37.7 Å². The highest BCUT2D eigenvalue weighted by Gasteiger charge is 2.30. The lowest BCUT2D eigenvalue weighted by molar-refractivity contribution is -0.143. The van der Waals surface area contributed by atoms with Crippen molar-refractivity contribution >= 4 is 11.9 Å². The first-order chi connectivity index (χ1) is 11.5. The molecule has 0 spiro atoms. The zero-order valence-electron chi connectivity index (χ0n) is 14.2. The van der Waals surface area contributed by atoms with Crippen LogP contribution in [0.25, 0.3) is 0 Å². The summed E-state index contributed by atoms with van der Waals surface area (Å²) in [7, 11) is 1.60. The van der Waals surface area contributed by atoms with Gasteiger partial charge < -0.3 is 19.9 Å². The Morgan fingerprint density at radius 2 is 2.00 bits per heavy atom. The standard InChI is InChI=1S/C18H25NO5/c1-12-10-13(8-9-16(12)23-2)24-11-17(20)19-15-7-5-3-4-6-14(15)18(21)22/h8-10,14-15H,3-7,11H2,1-2H3,(H,19,20)(H,21,22)/t14-,15+/m1/s1. The molecule has 1 amide bonds. The number of nitrogens with one attached hydrogen (secondary N) is 1. The number of carboxylic acid groups (broad SMARTS) is 1. The van der Waals surface area contributed by atoms with Crippen LogP contribution in [0.15, 0.2) is 18.2 Å². The van der Waals surface area contributed by atoms with Gasteiger partial charge in [-0.05, 0) is 43.5 Å². The van der Waals surface area contributed by atoms with Crippen LogP contribution in [0.4, 0.5) is 0 Å². The molecule has 6 nitrogen and oxygen atoms in total. The van der Waals surface area contributed by atoms with Gasteiger partial charge in [-0.15, -0.1) is 0 Å². The molecule has 0 bridgehead atoms. The van der Waals surface area contributed by atoms with E-state index in [-0.39, 0.29) is 18.6 Å². The highest BCUT2D eigenvalue weighted by atomic mass is 16.5. The van der Waals surface area contributed by atoms with Gasteiger partial charge in [0, 0.05) is 6.04 Å². The fraction of sp³-hybridized carbons (Fsp3) is 0.556. The number of carbonyl (C=O) groups is 2. The lowest BCUT2D eigenvalue weighted by Crippen LogP contribution is -2.44. The molecule has 132 valence electrons. The summed E-state index contributed by atoms with van der Waals surface area (Å²) in [6.45, 7) is 1.77. The number of methoxy groups -OCH3 is 1. The molecule has 1 aliphatic carbocycles. The fourth-order valence-corrected chi connectivity index (χ4v) is 3.11. The quantitative estimate of drug-likeness (QED) is 0.780. The smallest absolute Gasteiger partial charge is 0.308 e. The van der Waals surface area contributed by atoms with E-state index >= 15 is 0 Å². The van der Waals surface area contributed by atoms with E-state index in [0.717, 1.165) is 30.6 Å². The second-order valence-electron chi connectivity index (χ2n) is 6.18. The molecule has 0 unspecified atom stereocenters. The Labute approximate surface area is 142 Å². The van der Waals surface area contributed by atoms with Gasteiger partial charge in [0.05, 0.1) is 13.0 Å². The van der Waals surface area contributed by atoms with Crippen LogP contribution in [0.3, 0.4) is 0 Å². The lowest BCUT2D eigenvalue weighted by atomic mass is 9.95. The van der Waals surface area contributed by atoms with E-state index in [0.29, 0.717) is 18.6 Å². The van der Waals surface area contributed by atoms with Gasteiger partial charge in [0.1, 0.15) is 11.5 Å². The Hall–Kier alpha value is -2.24. The summed E-state index contributed by atoms with van der Waals surface area (Å²) in [6, 6.07) is 5.01. The summed E-state index contributed by atoms with van der Waals surface area (Å²) in [5.74, 6) is -0.302. The van der Waals surface area contributed by atoms with Crippen molar-refractivity contribution in [3.63, 3.8) is 0 Å². The highest BCUT2D eigenvalue weighted by molar-refractivity contribution is 5.79. The van der Waals surface area contributed by atoms with E-state index < -0.39 is 11.9 Å². The van der Waals surface area contributed by atoms with Gasteiger partial charge in [-0.1, -0.05) is 19.3 Å². The molecule has 1 aromatic rings. The normalized spacial score (nSPS) is 20.8. The van der Waals surface area contributed by atoms with Crippen molar-refractivity contribution < 1.29 is 24.2 Å². The molecule has 0 aromatic heterocycles. The molecule has 1 aromatic carbocycles. The fourth-order valence-electron chi connectivity index (χ4n) is 3.11. The Bertz CT molecular complexity index is 587. The third-order valence-corrected chi connectivity index (χ3v) is 4.42. The molecule has 1 aliphatic rings. The second-order valence-corrected chi connectivity index (χ2v) is 6.18. The maximum atomic E-state index is 12.1. The number of carbonyl (C=O) groups excluding carboxylic acids is 1. The predicted molar refractivity (Wildman–Crippen MR) is 89.4 cm³/mol. The average Bonchev–Trinajstić information content (AvgIpc) is 2.78. The topological polar surface area (TPSA) is 84.9 Å². The van der Waals surface area contributed by atoms with E-state index in [4.69, 9.17) is 9.47 Å². The zero-order valence-corrected chi connectivity index (χ0v) is 14.2. The van der Waals surface area contributed by atoms with Crippen molar-refractivity contribution in [2.75, 3.05) is 13.7 Å². The van der Waals surface area contributed by atoms with Gasteiger partial charge in [0.2, 0.25) is 0 Å². The second kappa shape index (κ2) is 8.57. The molecule has 1 saturated carbocycles. The van der Waals surface area contributed by atoms with Gasteiger partial charge in [-0.2, -0.15) is 0 Å². The number of hydrogen-bond acceptors (Lipinski definition) is 4. The minimum atomic E-state index is -0.839. The SMILES string of the molecule is COc1ccc(OCC(=O)N[C@H]2CCCCC[C@H]2C(=O)O)cc1C. The summed E-state index contributed by atoms with van der Waals surface area (Å²) >= 11 is 0. The summed E-state index contributed by atoms with van der Waals surface area (Å²) in [5, 5.41) is 12.2. The molecule has 2 N–H and O–H groups in total. The number of carboxylic acids is 1. The Morgan fingerprint density at radius 3 is 2.67 bits per heavy atom. The molecule has 0 saturated heterocycles. The molecule has 2 atom stereocenters. The summed E-state index contributed by atoms with van der Waals surface area (Å²) in [4.78, 5) is 23.5. The first kappa shape index (κ1) is 18.1. The minimum absolute atomic E-state index is 0.130. The van der Waals surface area contributed by atoms with Crippen LogP contribution in [0, 0.1) is 12.8 Å². The summed E-state index contributed by atoms with van der Waals surface area (Å²) in [6.07, 6.45) is 4.15. The maximum Gasteiger partial charge on any atom is 0.308 e. The van der Waals surface area contributed by atoms with E-state index in [2.05, 4.69) is 5.32 Å². The first-order valence-electron chi connectivity index (χ1n) is 8.31. The van der Waals surface area contributed by atoms with Gasteiger partial charge in [-0.3, -0.25) is 9.59 Å². The molecule has 6 heteroatoms. The number of hydrogen-bond donors (Lipinski definition) is 2. The number of ether oxygens (including phenoxy) is 2. The van der Waals surface area contributed by atoms with Crippen LogP contribution < -0.4 is 14.8 Å². The maximum absolute atomic E-state index is 12.1. The average molecular weight is 335 g/mol. The number of benzene rings is 1. The third-order valence-electron chi connectivity index (χ3n) is 4.42. The Balaban J connectivity index is 1.89. The van der Waals surface area contributed by atoms with Crippen molar-refractivity contribution in [2.45, 2.75) is 45.1 Å². The third kappa shape index (κ3) is 4.88. The molecule has 1 fully saturated rings. The van der Waals surface area contributed by atoms with Crippen LogP contribution >= 0.6 is 0 Å². The number of rotatable bonds is 6. The molecule has 2 rings (SSSR count). The Morgan fingerprint density at radius 1 is 1.25 bits per heavy atom. The van der Waals surface area contributed by atoms with Crippen molar-refractivity contribution in [3.8, 4) is 11.5 Å². The minimum Gasteiger partial charge on any atom is -0.496 e.